The molecule has 0 radical (unpaired) electrons. The number of hydrogen-bond donors (Lipinski definition) is 2. The van der Waals surface area contributed by atoms with Gasteiger partial charge in [0.1, 0.15) is 16.5 Å². The summed E-state index contributed by atoms with van der Waals surface area (Å²) in [5, 5.41) is 18.6. The lowest BCUT2D eigenvalue weighted by molar-refractivity contribution is -0.141. The number of aliphatic carboxylic acids is 1. The summed E-state index contributed by atoms with van der Waals surface area (Å²) in [6.07, 6.45) is 1.35. The number of carboxylic acid groups (broad SMARTS) is 1. The third-order valence-corrected chi connectivity index (χ3v) is 5.31. The molecule has 26 heavy (non-hydrogen) atoms. The third-order valence-electron chi connectivity index (χ3n) is 4.45. The first kappa shape index (κ1) is 18.5. The van der Waals surface area contributed by atoms with Crippen molar-refractivity contribution in [1.29, 1.82) is 0 Å². The highest BCUT2D eigenvalue weighted by Crippen LogP contribution is 2.38. The molecule has 2 aromatic rings. The maximum Gasteiger partial charge on any atom is 0.306 e. The van der Waals surface area contributed by atoms with Crippen LogP contribution in [0.1, 0.15) is 35.2 Å². The Morgan fingerprint density at radius 1 is 1.00 bits per heavy atom. The van der Waals surface area contributed by atoms with E-state index in [0.29, 0.717) is 30.6 Å². The molecule has 1 fully saturated rings. The molecule has 0 heterocycles. The number of rotatable bonds is 5. The molecule has 0 bridgehead atoms. The number of benzene rings is 2. The molecule has 136 valence electrons. The molecule has 0 unspecified atom stereocenters. The van der Waals surface area contributed by atoms with Crippen molar-refractivity contribution in [2.24, 2.45) is 5.92 Å². The minimum Gasteiger partial charge on any atom is -0.508 e. The van der Waals surface area contributed by atoms with Gasteiger partial charge in [-0.25, -0.2) is 0 Å². The second kappa shape index (κ2) is 7.56. The van der Waals surface area contributed by atoms with Gasteiger partial charge in [0.05, 0.1) is 17.0 Å². The lowest BCUT2D eigenvalue weighted by Crippen LogP contribution is -2.16. The molecule has 2 aromatic carbocycles. The molecule has 2 N–H and O–H groups in total. The van der Waals surface area contributed by atoms with Gasteiger partial charge in [-0.1, -0.05) is 23.2 Å². The summed E-state index contributed by atoms with van der Waals surface area (Å²) in [5.41, 5.74) is 0.596. The van der Waals surface area contributed by atoms with Gasteiger partial charge in [0.25, 0.3) is 0 Å². The summed E-state index contributed by atoms with van der Waals surface area (Å²) < 4.78 is 5.80. The normalized spacial score (nSPS) is 19.3. The van der Waals surface area contributed by atoms with Gasteiger partial charge in [-0.05, 0) is 55.7 Å². The van der Waals surface area contributed by atoms with E-state index in [-0.39, 0.29) is 33.2 Å². The zero-order chi connectivity index (χ0) is 18.8. The zero-order valence-corrected chi connectivity index (χ0v) is 15.1. The lowest BCUT2D eigenvalue weighted by atomic mass is 10.0. The molecule has 1 aliphatic carbocycles. The van der Waals surface area contributed by atoms with Gasteiger partial charge >= 0.3 is 5.97 Å². The van der Waals surface area contributed by atoms with Crippen molar-refractivity contribution in [3.63, 3.8) is 0 Å². The molecule has 0 aromatic heterocycles. The molecule has 0 amide bonds. The fourth-order valence-corrected chi connectivity index (χ4v) is 3.47. The summed E-state index contributed by atoms with van der Waals surface area (Å²) in [5.74, 6) is -1.17. The van der Waals surface area contributed by atoms with E-state index in [1.807, 2.05) is 0 Å². The lowest BCUT2D eigenvalue weighted by Gasteiger charge is -2.16. The zero-order valence-electron chi connectivity index (χ0n) is 13.6. The van der Waals surface area contributed by atoms with Crippen LogP contribution in [0.4, 0.5) is 0 Å². The van der Waals surface area contributed by atoms with Crippen LogP contribution in [-0.4, -0.2) is 28.1 Å². The molecule has 1 saturated carbocycles. The van der Waals surface area contributed by atoms with Gasteiger partial charge in [-0.2, -0.15) is 0 Å². The highest BCUT2D eigenvalue weighted by Gasteiger charge is 2.31. The van der Waals surface area contributed by atoms with Crippen LogP contribution in [0.3, 0.4) is 0 Å². The molecule has 1 aliphatic rings. The van der Waals surface area contributed by atoms with Gasteiger partial charge in [0.15, 0.2) is 5.78 Å². The maximum absolute atomic E-state index is 12.6. The molecule has 5 nitrogen and oxygen atoms in total. The Bertz CT molecular complexity index is 848. The topological polar surface area (TPSA) is 83.8 Å². The summed E-state index contributed by atoms with van der Waals surface area (Å²) in [7, 11) is 0. The Hall–Kier alpha value is -2.24. The second-order valence-electron chi connectivity index (χ2n) is 6.20. The predicted molar refractivity (Wildman–Crippen MR) is 97.4 cm³/mol. The Balaban J connectivity index is 1.79. The highest BCUT2D eigenvalue weighted by atomic mass is 35.5. The average Bonchev–Trinajstić information content (AvgIpc) is 3.08. The van der Waals surface area contributed by atoms with Crippen LogP contribution in [0.5, 0.6) is 11.5 Å². The largest absolute Gasteiger partial charge is 0.508 e. The number of phenols is 1. The number of aromatic hydroxyl groups is 1. The van der Waals surface area contributed by atoms with E-state index in [9.17, 15) is 14.7 Å². The standard InChI is InChI=1S/C19H16Cl2O5/c20-16-14(18(23)10-1-4-12(22)5-2-10)7-8-15(17(16)21)26-13-6-3-11(9-13)19(24)25/h1-2,4-5,7-8,11,13,22H,3,6,9H2,(H,24,25)/t11-,13-/m0/s1. The smallest absolute Gasteiger partial charge is 0.306 e. The number of hydrogen-bond acceptors (Lipinski definition) is 4. The molecular formula is C19H16Cl2O5. The Morgan fingerprint density at radius 2 is 1.69 bits per heavy atom. The Kier molecular flexibility index (Phi) is 5.39. The summed E-state index contributed by atoms with van der Waals surface area (Å²) >= 11 is 12.5. The summed E-state index contributed by atoms with van der Waals surface area (Å²) in [6, 6.07) is 8.92. The van der Waals surface area contributed by atoms with E-state index >= 15 is 0 Å². The minimum absolute atomic E-state index is 0.0608. The number of halogens is 2. The van der Waals surface area contributed by atoms with E-state index in [1.165, 1.54) is 30.3 Å². The van der Waals surface area contributed by atoms with Gasteiger partial charge in [0.2, 0.25) is 0 Å². The molecule has 0 spiro atoms. The van der Waals surface area contributed by atoms with Crippen LogP contribution in [0.2, 0.25) is 10.0 Å². The average molecular weight is 395 g/mol. The Morgan fingerprint density at radius 3 is 2.31 bits per heavy atom. The van der Waals surface area contributed by atoms with Crippen molar-refractivity contribution in [3.8, 4) is 11.5 Å². The number of carbonyl (C=O) groups is 2. The third kappa shape index (κ3) is 3.79. The molecule has 7 heteroatoms. The van der Waals surface area contributed by atoms with E-state index in [4.69, 9.17) is 33.0 Å². The van der Waals surface area contributed by atoms with Crippen molar-refractivity contribution < 1.29 is 24.5 Å². The van der Waals surface area contributed by atoms with Crippen LogP contribution in [-0.2, 0) is 4.79 Å². The number of ketones is 1. The number of phenolic OH excluding ortho intramolecular Hbond substituents is 1. The number of carbonyl (C=O) groups excluding carboxylic acids is 1. The van der Waals surface area contributed by atoms with Crippen LogP contribution < -0.4 is 4.74 Å². The van der Waals surface area contributed by atoms with E-state index < -0.39 is 11.9 Å². The van der Waals surface area contributed by atoms with Gasteiger partial charge in [0, 0.05) is 11.1 Å². The monoisotopic (exact) mass is 394 g/mol. The van der Waals surface area contributed by atoms with Crippen LogP contribution in [0, 0.1) is 5.92 Å². The van der Waals surface area contributed by atoms with Crippen LogP contribution >= 0.6 is 23.2 Å². The highest BCUT2D eigenvalue weighted by molar-refractivity contribution is 6.45. The van der Waals surface area contributed by atoms with E-state index in [0.717, 1.165) is 0 Å². The van der Waals surface area contributed by atoms with Crippen LogP contribution in [0.25, 0.3) is 0 Å². The quantitative estimate of drug-likeness (QED) is 0.725. The number of carboxylic acids is 1. The SMILES string of the molecule is O=C(c1ccc(O)cc1)c1ccc(O[C@H]2CC[C@H](C(=O)O)C2)c(Cl)c1Cl. The molecule has 3 rings (SSSR count). The first-order valence-electron chi connectivity index (χ1n) is 8.08. The summed E-state index contributed by atoms with van der Waals surface area (Å²) in [6.45, 7) is 0. The van der Waals surface area contributed by atoms with Gasteiger partial charge in [-0.3, -0.25) is 9.59 Å². The van der Waals surface area contributed by atoms with Gasteiger partial charge < -0.3 is 14.9 Å². The van der Waals surface area contributed by atoms with E-state index in [2.05, 4.69) is 0 Å². The van der Waals surface area contributed by atoms with Crippen LogP contribution in [0.15, 0.2) is 36.4 Å². The fourth-order valence-electron chi connectivity index (χ4n) is 3.02. The number of ether oxygens (including phenoxy) is 1. The summed E-state index contributed by atoms with van der Waals surface area (Å²) in [4.78, 5) is 23.6. The second-order valence-corrected chi connectivity index (χ2v) is 6.96. The molecular weight excluding hydrogens is 379 g/mol. The fraction of sp³-hybridized carbons (Fsp3) is 0.263. The van der Waals surface area contributed by atoms with Crippen molar-refractivity contribution in [3.05, 3.63) is 57.6 Å². The Labute approximate surface area is 160 Å². The predicted octanol–water partition coefficient (Wildman–Crippen LogP) is 4.56. The molecule has 2 atom stereocenters. The first-order valence-corrected chi connectivity index (χ1v) is 8.83. The maximum atomic E-state index is 12.6. The van der Waals surface area contributed by atoms with Crippen molar-refractivity contribution >= 4 is 35.0 Å². The molecule has 0 saturated heterocycles. The van der Waals surface area contributed by atoms with Crippen molar-refractivity contribution in [1.82, 2.24) is 0 Å². The minimum atomic E-state index is -0.824. The molecule has 0 aliphatic heterocycles. The van der Waals surface area contributed by atoms with Crippen molar-refractivity contribution in [2.75, 3.05) is 0 Å². The van der Waals surface area contributed by atoms with E-state index in [1.54, 1.807) is 6.07 Å². The first-order chi connectivity index (χ1) is 12.4. The van der Waals surface area contributed by atoms with Gasteiger partial charge in [-0.15, -0.1) is 0 Å². The van der Waals surface area contributed by atoms with Crippen molar-refractivity contribution in [2.45, 2.75) is 25.4 Å².